The topological polar surface area (TPSA) is 105 Å². The van der Waals surface area contributed by atoms with Crippen LogP contribution in [0.5, 0.6) is 0 Å². The third kappa shape index (κ3) is 4.92. The summed E-state index contributed by atoms with van der Waals surface area (Å²) in [6, 6.07) is 16.2. The minimum Gasteiger partial charge on any atom is -0.481 e. The molecule has 0 saturated carbocycles. The van der Waals surface area contributed by atoms with Crippen LogP contribution in [0.3, 0.4) is 0 Å². The lowest BCUT2D eigenvalue weighted by Crippen LogP contribution is -2.45. The van der Waals surface area contributed by atoms with E-state index in [1.54, 1.807) is 4.90 Å². The average molecular weight is 467 g/mol. The van der Waals surface area contributed by atoms with Gasteiger partial charge in [0.2, 0.25) is 0 Å². The fraction of sp³-hybridized carbons (Fsp3) is 0.423. The summed E-state index contributed by atoms with van der Waals surface area (Å²) in [4.78, 5) is 38.0. The molecule has 3 atom stereocenters. The predicted octanol–water partition coefficient (Wildman–Crippen LogP) is 3.11. The Balaban J connectivity index is 1.31. The largest absolute Gasteiger partial charge is 0.481 e. The van der Waals surface area contributed by atoms with E-state index in [9.17, 15) is 14.4 Å². The molecule has 2 amide bonds. The fourth-order valence-electron chi connectivity index (χ4n) is 5.00. The van der Waals surface area contributed by atoms with E-state index in [0.717, 1.165) is 22.3 Å². The van der Waals surface area contributed by atoms with Crippen LogP contribution >= 0.6 is 0 Å². The van der Waals surface area contributed by atoms with Crippen molar-refractivity contribution in [2.75, 3.05) is 33.4 Å². The van der Waals surface area contributed by atoms with Crippen LogP contribution in [0.15, 0.2) is 48.5 Å². The van der Waals surface area contributed by atoms with E-state index in [4.69, 9.17) is 14.6 Å². The minimum absolute atomic E-state index is 0.0273. The maximum Gasteiger partial charge on any atom is 0.407 e. The van der Waals surface area contributed by atoms with Crippen LogP contribution in [0.2, 0.25) is 0 Å². The first-order valence-electron chi connectivity index (χ1n) is 11.5. The smallest absolute Gasteiger partial charge is 0.407 e. The molecule has 2 N–H and O–H groups in total. The second-order valence-corrected chi connectivity index (χ2v) is 9.01. The molecule has 8 heteroatoms. The van der Waals surface area contributed by atoms with E-state index in [-0.39, 0.29) is 43.2 Å². The molecule has 2 aromatic rings. The highest BCUT2D eigenvalue weighted by Gasteiger charge is 2.36. The van der Waals surface area contributed by atoms with Crippen molar-refractivity contribution in [1.29, 1.82) is 0 Å². The van der Waals surface area contributed by atoms with E-state index in [0.29, 0.717) is 13.1 Å². The van der Waals surface area contributed by atoms with Crippen molar-refractivity contribution >= 4 is 18.0 Å². The summed E-state index contributed by atoms with van der Waals surface area (Å²) in [6.07, 6.45) is -1.45. The number of fused-ring (bicyclic) bond motifs is 3. The average Bonchev–Trinajstić information content (AvgIpc) is 3.35. The zero-order chi connectivity index (χ0) is 24.2. The molecule has 1 aliphatic heterocycles. The van der Waals surface area contributed by atoms with E-state index in [1.807, 2.05) is 31.2 Å². The Morgan fingerprint density at radius 3 is 2.26 bits per heavy atom. The first kappa shape index (κ1) is 23.8. The van der Waals surface area contributed by atoms with Gasteiger partial charge < -0.3 is 24.8 Å². The van der Waals surface area contributed by atoms with Gasteiger partial charge in [0.05, 0.1) is 13.0 Å². The molecule has 1 heterocycles. The molecule has 1 fully saturated rings. The highest BCUT2D eigenvalue weighted by molar-refractivity contribution is 5.82. The lowest BCUT2D eigenvalue weighted by atomic mass is 9.95. The van der Waals surface area contributed by atoms with Crippen LogP contribution in [0, 0.1) is 11.8 Å². The van der Waals surface area contributed by atoms with Crippen molar-refractivity contribution in [3.05, 3.63) is 59.7 Å². The number of hydrogen-bond acceptors (Lipinski definition) is 5. The Hall–Kier alpha value is -3.39. The van der Waals surface area contributed by atoms with E-state index in [2.05, 4.69) is 29.6 Å². The molecular weight excluding hydrogens is 436 g/mol. The predicted molar refractivity (Wildman–Crippen MR) is 125 cm³/mol. The molecule has 34 heavy (non-hydrogen) atoms. The van der Waals surface area contributed by atoms with Crippen molar-refractivity contribution in [1.82, 2.24) is 10.2 Å². The monoisotopic (exact) mass is 466 g/mol. The Bertz CT molecular complexity index is 1030. The summed E-state index contributed by atoms with van der Waals surface area (Å²) >= 11 is 0. The van der Waals surface area contributed by atoms with Gasteiger partial charge in [0.25, 0.3) is 5.91 Å². The maximum absolute atomic E-state index is 12.9. The molecule has 2 aromatic carbocycles. The molecule has 0 bridgehead atoms. The van der Waals surface area contributed by atoms with Gasteiger partial charge in [0.1, 0.15) is 6.61 Å². The number of hydrogen-bond donors (Lipinski definition) is 2. The highest BCUT2D eigenvalue weighted by Crippen LogP contribution is 2.44. The van der Waals surface area contributed by atoms with Gasteiger partial charge in [0, 0.05) is 26.1 Å². The molecule has 8 nitrogen and oxygen atoms in total. The second-order valence-electron chi connectivity index (χ2n) is 9.01. The number of carbonyl (C=O) groups is 3. The van der Waals surface area contributed by atoms with Crippen molar-refractivity contribution in [3.8, 4) is 11.1 Å². The van der Waals surface area contributed by atoms with Crippen LogP contribution < -0.4 is 5.32 Å². The van der Waals surface area contributed by atoms with Gasteiger partial charge in [-0.2, -0.15) is 0 Å². The molecule has 0 radical (unpaired) electrons. The van der Waals surface area contributed by atoms with E-state index >= 15 is 0 Å². The standard InChI is InChI=1S/C26H30N2O6/c1-16-13-28(14-17(16)11-24(29)30)25(31)23(33-2)12-27-26(32)34-15-22-20-9-5-3-7-18(20)19-8-4-6-10-21(19)22/h3-10,16-17,22-23H,11-15H2,1-2H3,(H,27,32)(H,29,30). The normalized spacial score (nSPS) is 19.9. The number of carboxylic acid groups (broad SMARTS) is 1. The maximum atomic E-state index is 12.9. The number of ether oxygens (including phenoxy) is 2. The van der Waals surface area contributed by atoms with Crippen LogP contribution in [-0.2, 0) is 19.1 Å². The Kier molecular flexibility index (Phi) is 7.17. The third-order valence-electron chi connectivity index (χ3n) is 6.85. The van der Waals surface area contributed by atoms with Crippen LogP contribution in [0.25, 0.3) is 11.1 Å². The molecule has 0 spiro atoms. The number of methoxy groups -OCH3 is 1. The summed E-state index contributed by atoms with van der Waals surface area (Å²) in [5, 5.41) is 11.7. The Morgan fingerprint density at radius 2 is 1.68 bits per heavy atom. The summed E-state index contributed by atoms with van der Waals surface area (Å²) < 4.78 is 10.8. The highest BCUT2D eigenvalue weighted by atomic mass is 16.5. The quantitative estimate of drug-likeness (QED) is 0.619. The molecule has 3 unspecified atom stereocenters. The lowest BCUT2D eigenvalue weighted by Gasteiger charge is -2.23. The van der Waals surface area contributed by atoms with Crippen molar-refractivity contribution in [3.63, 3.8) is 0 Å². The van der Waals surface area contributed by atoms with E-state index < -0.39 is 18.2 Å². The first-order chi connectivity index (χ1) is 16.4. The molecule has 4 rings (SSSR count). The van der Waals surface area contributed by atoms with Gasteiger partial charge in [-0.15, -0.1) is 0 Å². The number of aliphatic carboxylic acids is 1. The molecule has 2 aliphatic rings. The number of benzene rings is 2. The van der Waals surface area contributed by atoms with Crippen molar-refractivity contribution in [2.45, 2.75) is 25.4 Å². The zero-order valence-electron chi connectivity index (χ0n) is 19.4. The molecule has 1 saturated heterocycles. The number of rotatable bonds is 8. The number of nitrogens with zero attached hydrogens (tertiary/aromatic N) is 1. The van der Waals surface area contributed by atoms with E-state index in [1.165, 1.54) is 7.11 Å². The molecule has 180 valence electrons. The molecular formula is C26H30N2O6. The van der Waals surface area contributed by atoms with Gasteiger partial charge in [-0.25, -0.2) is 4.79 Å². The second kappa shape index (κ2) is 10.3. The van der Waals surface area contributed by atoms with Gasteiger partial charge >= 0.3 is 12.1 Å². The summed E-state index contributed by atoms with van der Waals surface area (Å²) in [7, 11) is 1.41. The first-order valence-corrected chi connectivity index (χ1v) is 11.5. The number of nitrogens with one attached hydrogen (secondary N) is 1. The number of alkyl carbamates (subject to hydrolysis) is 1. The van der Waals surface area contributed by atoms with Crippen molar-refractivity contribution < 1.29 is 29.0 Å². The third-order valence-corrected chi connectivity index (χ3v) is 6.85. The fourth-order valence-corrected chi connectivity index (χ4v) is 5.00. The van der Waals surface area contributed by atoms with Crippen LogP contribution in [0.1, 0.15) is 30.4 Å². The summed E-state index contributed by atoms with van der Waals surface area (Å²) in [6.45, 7) is 2.95. The zero-order valence-corrected chi connectivity index (χ0v) is 19.4. The van der Waals surface area contributed by atoms with Gasteiger partial charge in [-0.3, -0.25) is 9.59 Å². The number of carbonyl (C=O) groups excluding carboxylic acids is 2. The Morgan fingerprint density at radius 1 is 1.06 bits per heavy atom. The summed E-state index contributed by atoms with van der Waals surface area (Å²) in [5.41, 5.74) is 4.55. The number of amides is 2. The summed E-state index contributed by atoms with van der Waals surface area (Å²) in [5.74, 6) is -1.18. The lowest BCUT2D eigenvalue weighted by molar-refractivity contribution is -0.142. The van der Waals surface area contributed by atoms with Crippen LogP contribution in [-0.4, -0.2) is 67.4 Å². The number of likely N-dealkylation sites (tertiary alicyclic amines) is 1. The van der Waals surface area contributed by atoms with Gasteiger partial charge in [-0.1, -0.05) is 55.5 Å². The number of carboxylic acids is 1. The van der Waals surface area contributed by atoms with Crippen molar-refractivity contribution in [2.24, 2.45) is 11.8 Å². The van der Waals surface area contributed by atoms with Gasteiger partial charge in [0.15, 0.2) is 6.10 Å². The SMILES string of the molecule is COC(CNC(=O)OCC1c2ccccc2-c2ccccc21)C(=O)N1CC(C)C(CC(=O)O)C1. The van der Waals surface area contributed by atoms with Gasteiger partial charge in [-0.05, 0) is 34.1 Å². The molecule has 0 aromatic heterocycles. The molecule has 1 aliphatic carbocycles. The van der Waals surface area contributed by atoms with Crippen LogP contribution in [0.4, 0.5) is 4.79 Å². The minimum atomic E-state index is -0.869. The Labute approximate surface area is 198 Å².